The number of hydrogen-bond donors (Lipinski definition) is 3. The monoisotopic (exact) mass is 435 g/mol. The van der Waals surface area contributed by atoms with Gasteiger partial charge in [-0.05, 0) is 37.7 Å². The Balaban J connectivity index is 0.00000264. The SMILES string of the molecule is CCNC(=NCc1ccn[nH]1)NCC1(CCOC)CCCC1.I. The molecule has 0 spiro atoms. The van der Waals surface area contributed by atoms with Gasteiger partial charge in [0.2, 0.25) is 0 Å². The molecule has 1 saturated carbocycles. The van der Waals surface area contributed by atoms with Crippen LogP contribution in [0.5, 0.6) is 0 Å². The Morgan fingerprint density at radius 3 is 2.78 bits per heavy atom. The van der Waals surface area contributed by atoms with Crippen molar-refractivity contribution in [3.05, 3.63) is 18.0 Å². The third-order valence-corrected chi connectivity index (χ3v) is 4.44. The summed E-state index contributed by atoms with van der Waals surface area (Å²) in [5.74, 6) is 0.876. The molecule has 0 unspecified atom stereocenters. The van der Waals surface area contributed by atoms with Crippen LogP contribution >= 0.6 is 24.0 Å². The second-order valence-corrected chi connectivity index (χ2v) is 6.08. The summed E-state index contributed by atoms with van der Waals surface area (Å²) in [6.45, 7) is 5.36. The van der Waals surface area contributed by atoms with Crippen molar-refractivity contribution in [2.24, 2.45) is 10.4 Å². The molecule has 0 saturated heterocycles. The van der Waals surface area contributed by atoms with Gasteiger partial charge in [-0.15, -0.1) is 24.0 Å². The van der Waals surface area contributed by atoms with E-state index in [0.29, 0.717) is 12.0 Å². The molecule has 1 aromatic heterocycles. The number of methoxy groups -OCH3 is 1. The summed E-state index contributed by atoms with van der Waals surface area (Å²) in [7, 11) is 1.78. The van der Waals surface area contributed by atoms with E-state index < -0.39 is 0 Å². The second-order valence-electron chi connectivity index (χ2n) is 6.08. The van der Waals surface area contributed by atoms with Gasteiger partial charge in [-0.1, -0.05) is 12.8 Å². The van der Waals surface area contributed by atoms with Gasteiger partial charge in [-0.2, -0.15) is 5.10 Å². The van der Waals surface area contributed by atoms with Crippen LogP contribution in [0.15, 0.2) is 17.3 Å². The van der Waals surface area contributed by atoms with E-state index in [0.717, 1.165) is 37.8 Å². The first-order valence-corrected chi connectivity index (χ1v) is 8.27. The average Bonchev–Trinajstić information content (AvgIpc) is 3.20. The Hall–Kier alpha value is -0.830. The number of ether oxygens (including phenoxy) is 1. The molecule has 1 aliphatic carbocycles. The summed E-state index contributed by atoms with van der Waals surface area (Å²) in [6, 6.07) is 1.95. The first-order chi connectivity index (χ1) is 10.8. The normalized spacial score (nSPS) is 16.9. The van der Waals surface area contributed by atoms with Gasteiger partial charge in [0.15, 0.2) is 5.96 Å². The molecule has 132 valence electrons. The lowest BCUT2D eigenvalue weighted by molar-refractivity contribution is 0.138. The van der Waals surface area contributed by atoms with Gasteiger partial charge >= 0.3 is 0 Å². The Morgan fingerprint density at radius 2 is 2.17 bits per heavy atom. The predicted molar refractivity (Wildman–Crippen MR) is 104 cm³/mol. The van der Waals surface area contributed by atoms with E-state index in [-0.39, 0.29) is 24.0 Å². The fourth-order valence-electron chi connectivity index (χ4n) is 3.11. The zero-order valence-corrected chi connectivity index (χ0v) is 16.6. The highest BCUT2D eigenvalue weighted by atomic mass is 127. The van der Waals surface area contributed by atoms with Crippen LogP contribution in [0.4, 0.5) is 0 Å². The maximum atomic E-state index is 5.29. The molecule has 1 heterocycles. The number of halogens is 1. The van der Waals surface area contributed by atoms with Crippen LogP contribution in [-0.2, 0) is 11.3 Å². The number of H-pyrrole nitrogens is 1. The van der Waals surface area contributed by atoms with Gasteiger partial charge < -0.3 is 15.4 Å². The summed E-state index contributed by atoms with van der Waals surface area (Å²) in [5.41, 5.74) is 1.38. The van der Waals surface area contributed by atoms with Crippen molar-refractivity contribution in [3.63, 3.8) is 0 Å². The third-order valence-electron chi connectivity index (χ3n) is 4.44. The molecule has 0 aromatic carbocycles. The molecule has 0 radical (unpaired) electrons. The Kier molecular flexibility index (Phi) is 9.54. The van der Waals surface area contributed by atoms with Crippen LogP contribution in [0.3, 0.4) is 0 Å². The van der Waals surface area contributed by atoms with Gasteiger partial charge in [0, 0.05) is 33.0 Å². The first-order valence-electron chi connectivity index (χ1n) is 8.27. The lowest BCUT2D eigenvalue weighted by Crippen LogP contribution is -2.43. The van der Waals surface area contributed by atoms with Crippen LogP contribution in [0, 0.1) is 5.41 Å². The van der Waals surface area contributed by atoms with Crippen molar-refractivity contribution < 1.29 is 4.74 Å². The molecule has 6 nitrogen and oxygen atoms in total. The van der Waals surface area contributed by atoms with Crippen LogP contribution in [0.25, 0.3) is 0 Å². The fourth-order valence-corrected chi connectivity index (χ4v) is 3.11. The molecular weight excluding hydrogens is 405 g/mol. The quantitative estimate of drug-likeness (QED) is 0.334. The van der Waals surface area contributed by atoms with Crippen molar-refractivity contribution in [1.82, 2.24) is 20.8 Å². The maximum Gasteiger partial charge on any atom is 0.191 e. The van der Waals surface area contributed by atoms with E-state index in [4.69, 9.17) is 4.74 Å². The lowest BCUT2D eigenvalue weighted by atomic mass is 9.83. The Morgan fingerprint density at radius 1 is 1.39 bits per heavy atom. The maximum absolute atomic E-state index is 5.29. The average molecular weight is 435 g/mol. The van der Waals surface area contributed by atoms with Crippen LogP contribution < -0.4 is 10.6 Å². The van der Waals surface area contributed by atoms with Crippen molar-refractivity contribution in [3.8, 4) is 0 Å². The van der Waals surface area contributed by atoms with E-state index in [1.54, 1.807) is 13.3 Å². The summed E-state index contributed by atoms with van der Waals surface area (Å²) >= 11 is 0. The molecule has 1 fully saturated rings. The van der Waals surface area contributed by atoms with Crippen LogP contribution in [0.2, 0.25) is 0 Å². The molecule has 2 rings (SSSR count). The van der Waals surface area contributed by atoms with E-state index >= 15 is 0 Å². The summed E-state index contributed by atoms with van der Waals surface area (Å²) in [4.78, 5) is 4.62. The second kappa shape index (κ2) is 10.9. The molecule has 0 atom stereocenters. The van der Waals surface area contributed by atoms with E-state index in [2.05, 4.69) is 32.7 Å². The van der Waals surface area contributed by atoms with Crippen molar-refractivity contribution in [2.75, 3.05) is 26.8 Å². The van der Waals surface area contributed by atoms with Crippen molar-refractivity contribution in [2.45, 2.75) is 45.6 Å². The number of nitrogens with one attached hydrogen (secondary N) is 3. The van der Waals surface area contributed by atoms with Gasteiger partial charge in [-0.3, -0.25) is 5.10 Å². The summed E-state index contributed by atoms with van der Waals surface area (Å²) in [5, 5.41) is 13.7. The summed E-state index contributed by atoms with van der Waals surface area (Å²) in [6.07, 6.45) is 8.09. The minimum atomic E-state index is 0. The number of aromatic amines is 1. The van der Waals surface area contributed by atoms with Crippen molar-refractivity contribution >= 4 is 29.9 Å². The molecule has 23 heavy (non-hydrogen) atoms. The minimum Gasteiger partial charge on any atom is -0.385 e. The first kappa shape index (κ1) is 20.2. The molecule has 1 aliphatic rings. The number of aliphatic imine (C=N–C) groups is 1. The Bertz CT molecular complexity index is 443. The largest absolute Gasteiger partial charge is 0.385 e. The molecule has 3 N–H and O–H groups in total. The van der Waals surface area contributed by atoms with Crippen LogP contribution in [0.1, 0.15) is 44.7 Å². The molecular formula is C16H30IN5O. The molecule has 0 bridgehead atoms. The third kappa shape index (κ3) is 6.66. The smallest absolute Gasteiger partial charge is 0.191 e. The molecule has 7 heteroatoms. The molecule has 1 aromatic rings. The molecule has 0 aliphatic heterocycles. The fraction of sp³-hybridized carbons (Fsp3) is 0.750. The number of nitrogens with zero attached hydrogens (tertiary/aromatic N) is 2. The van der Waals surface area contributed by atoms with E-state index in [1.165, 1.54) is 25.7 Å². The highest BCUT2D eigenvalue weighted by molar-refractivity contribution is 14.0. The minimum absolute atomic E-state index is 0. The number of hydrogen-bond acceptors (Lipinski definition) is 3. The zero-order valence-electron chi connectivity index (χ0n) is 14.2. The van der Waals surface area contributed by atoms with Gasteiger partial charge in [0.1, 0.15) is 0 Å². The number of guanidine groups is 1. The van der Waals surface area contributed by atoms with Gasteiger partial charge in [-0.25, -0.2) is 4.99 Å². The van der Waals surface area contributed by atoms with Gasteiger partial charge in [0.25, 0.3) is 0 Å². The zero-order chi connectivity index (χ0) is 15.7. The topological polar surface area (TPSA) is 74.3 Å². The van der Waals surface area contributed by atoms with Crippen molar-refractivity contribution in [1.29, 1.82) is 0 Å². The lowest BCUT2D eigenvalue weighted by Gasteiger charge is -2.30. The van der Waals surface area contributed by atoms with E-state index in [1.807, 2.05) is 6.07 Å². The predicted octanol–water partition coefficient (Wildman–Crippen LogP) is 2.68. The Labute approximate surface area is 156 Å². The number of rotatable bonds is 8. The highest BCUT2D eigenvalue weighted by Gasteiger charge is 2.33. The van der Waals surface area contributed by atoms with E-state index in [9.17, 15) is 0 Å². The number of aromatic nitrogens is 2. The highest BCUT2D eigenvalue weighted by Crippen LogP contribution is 2.40. The standard InChI is InChI=1S/C16H29N5O.HI/c1-3-17-15(18-12-14-6-10-20-21-14)19-13-16(9-11-22-2)7-4-5-8-16;/h6,10H,3-5,7-9,11-13H2,1-2H3,(H,20,21)(H2,17,18,19);1H. The molecule has 0 amide bonds. The van der Waals surface area contributed by atoms with Crippen LogP contribution in [-0.4, -0.2) is 43.0 Å². The van der Waals surface area contributed by atoms with Gasteiger partial charge in [0.05, 0.1) is 12.2 Å². The summed E-state index contributed by atoms with van der Waals surface area (Å²) < 4.78 is 5.29.